The Hall–Kier alpha value is -2.05. The number of aryl methyl sites for hydroxylation is 1. The van der Waals surface area contributed by atoms with E-state index in [0.29, 0.717) is 11.8 Å². The van der Waals surface area contributed by atoms with Gasteiger partial charge in [0.25, 0.3) is 0 Å². The van der Waals surface area contributed by atoms with Gasteiger partial charge in [0.2, 0.25) is 0 Å². The van der Waals surface area contributed by atoms with Gasteiger partial charge in [0, 0.05) is 18.5 Å². The number of benzene rings is 1. The van der Waals surface area contributed by atoms with Gasteiger partial charge in [-0.05, 0) is 55.9 Å². The molecule has 0 aliphatic carbocycles. The fraction of sp³-hybridized carbons (Fsp3) is 0.450. The lowest BCUT2D eigenvalue weighted by Gasteiger charge is -2.33. The summed E-state index contributed by atoms with van der Waals surface area (Å²) in [5.41, 5.74) is 3.40. The van der Waals surface area contributed by atoms with Crippen LogP contribution in [-0.4, -0.2) is 39.3 Å². The lowest BCUT2D eigenvalue weighted by atomic mass is 9.91. The largest absolute Gasteiger partial charge is 0.355 e. The highest BCUT2D eigenvalue weighted by atomic mass is 32.1. The summed E-state index contributed by atoms with van der Waals surface area (Å²) < 4.78 is 9.61. The quantitative estimate of drug-likeness (QED) is 0.664. The Morgan fingerprint density at radius 1 is 1.23 bits per heavy atom. The van der Waals surface area contributed by atoms with Gasteiger partial charge in [0.1, 0.15) is 4.88 Å². The second-order valence-corrected chi connectivity index (χ2v) is 7.96. The van der Waals surface area contributed by atoms with Crippen LogP contribution in [0.25, 0.3) is 10.6 Å². The van der Waals surface area contributed by atoms with Crippen molar-refractivity contribution in [3.8, 4) is 10.6 Å². The average Bonchev–Trinajstić information content (AvgIpc) is 3.32. The molecule has 0 amide bonds. The molecule has 1 aliphatic rings. The highest BCUT2D eigenvalue weighted by Gasteiger charge is 2.27. The summed E-state index contributed by atoms with van der Waals surface area (Å²) in [6, 6.07) is 12.8. The zero-order valence-corrected chi connectivity index (χ0v) is 16.1. The first kappa shape index (κ1) is 17.4. The summed E-state index contributed by atoms with van der Waals surface area (Å²) in [5, 5.41) is 8.42. The number of piperidine rings is 1. The molecule has 3 aromatic rings. The molecule has 3 heterocycles. The van der Waals surface area contributed by atoms with Gasteiger partial charge >= 0.3 is 0 Å². The van der Waals surface area contributed by atoms with Crippen molar-refractivity contribution in [1.29, 1.82) is 0 Å². The minimum Gasteiger partial charge on any atom is -0.355 e. The van der Waals surface area contributed by atoms with Crippen LogP contribution < -0.4 is 0 Å². The van der Waals surface area contributed by atoms with E-state index in [4.69, 9.17) is 4.52 Å². The summed E-state index contributed by atoms with van der Waals surface area (Å²) in [7, 11) is 0. The first-order valence-corrected chi connectivity index (χ1v) is 10.0. The van der Waals surface area contributed by atoms with E-state index in [-0.39, 0.29) is 0 Å². The minimum absolute atomic E-state index is 0.456. The van der Waals surface area contributed by atoms with Crippen molar-refractivity contribution >= 4 is 11.5 Å². The molecule has 1 aromatic carbocycles. The Morgan fingerprint density at radius 2 is 2.00 bits per heavy atom. The van der Waals surface area contributed by atoms with Crippen molar-refractivity contribution in [2.45, 2.75) is 38.5 Å². The Kier molecular flexibility index (Phi) is 5.13. The van der Waals surface area contributed by atoms with E-state index >= 15 is 0 Å². The zero-order chi connectivity index (χ0) is 17.9. The van der Waals surface area contributed by atoms with Crippen LogP contribution >= 0.6 is 11.5 Å². The maximum absolute atomic E-state index is 5.43. The number of likely N-dealkylation sites (tertiary alicyclic amines) is 1. The van der Waals surface area contributed by atoms with E-state index in [0.717, 1.165) is 54.5 Å². The molecule has 0 radical (unpaired) electrons. The van der Waals surface area contributed by atoms with Crippen molar-refractivity contribution < 1.29 is 4.52 Å². The summed E-state index contributed by atoms with van der Waals surface area (Å²) >= 11 is 1.41. The summed E-state index contributed by atoms with van der Waals surface area (Å²) in [6.45, 7) is 7.58. The monoisotopic (exact) mass is 368 g/mol. The molecule has 136 valence electrons. The van der Waals surface area contributed by atoms with Crippen molar-refractivity contribution in [1.82, 2.24) is 19.6 Å². The van der Waals surface area contributed by atoms with Gasteiger partial charge in [0.15, 0.2) is 5.76 Å². The van der Waals surface area contributed by atoms with Crippen LogP contribution in [0.2, 0.25) is 0 Å². The molecule has 0 spiro atoms. The molecular formula is C20H24N4OS. The van der Waals surface area contributed by atoms with Crippen LogP contribution in [0.4, 0.5) is 0 Å². The van der Waals surface area contributed by atoms with Gasteiger partial charge in [-0.2, -0.15) is 0 Å². The molecule has 26 heavy (non-hydrogen) atoms. The van der Waals surface area contributed by atoms with Crippen molar-refractivity contribution in [2.24, 2.45) is 0 Å². The third-order valence-electron chi connectivity index (χ3n) is 5.24. The predicted octanol–water partition coefficient (Wildman–Crippen LogP) is 4.48. The van der Waals surface area contributed by atoms with E-state index in [1.807, 2.05) is 13.0 Å². The summed E-state index contributed by atoms with van der Waals surface area (Å²) in [4.78, 5) is 3.62. The molecule has 1 fully saturated rings. The molecule has 1 aliphatic heterocycles. The van der Waals surface area contributed by atoms with E-state index in [9.17, 15) is 0 Å². The molecule has 5 nitrogen and oxygen atoms in total. The predicted molar refractivity (Wildman–Crippen MR) is 103 cm³/mol. The molecule has 1 saturated heterocycles. The Morgan fingerprint density at radius 3 is 2.69 bits per heavy atom. The van der Waals surface area contributed by atoms with E-state index in [1.54, 1.807) is 0 Å². The summed E-state index contributed by atoms with van der Waals surface area (Å²) in [5.74, 6) is 1.81. The number of nitrogens with zero attached hydrogens (tertiary/aromatic N) is 4. The third-order valence-corrected chi connectivity index (χ3v) is 6.00. The Labute approximate surface area is 158 Å². The first-order valence-electron chi connectivity index (χ1n) is 9.24. The molecule has 4 rings (SSSR count). The smallest absolute Gasteiger partial charge is 0.180 e. The number of hydrogen-bond donors (Lipinski definition) is 0. The van der Waals surface area contributed by atoms with Crippen LogP contribution in [0.5, 0.6) is 0 Å². The first-order chi connectivity index (χ1) is 12.7. The van der Waals surface area contributed by atoms with E-state index < -0.39 is 0 Å². The lowest BCUT2D eigenvalue weighted by molar-refractivity contribution is 0.202. The molecule has 0 bridgehead atoms. The fourth-order valence-corrected chi connectivity index (χ4v) is 4.47. The second kappa shape index (κ2) is 7.68. The van der Waals surface area contributed by atoms with Crippen LogP contribution in [0.1, 0.15) is 48.6 Å². The highest BCUT2D eigenvalue weighted by molar-refractivity contribution is 7.09. The van der Waals surface area contributed by atoms with Gasteiger partial charge in [0.05, 0.1) is 11.4 Å². The lowest BCUT2D eigenvalue weighted by Crippen LogP contribution is -2.35. The van der Waals surface area contributed by atoms with Crippen molar-refractivity contribution in [2.75, 3.05) is 19.6 Å². The van der Waals surface area contributed by atoms with Gasteiger partial charge < -0.3 is 9.42 Å². The summed E-state index contributed by atoms with van der Waals surface area (Å²) in [6.07, 6.45) is 2.24. The molecule has 1 unspecified atom stereocenters. The van der Waals surface area contributed by atoms with Gasteiger partial charge in [-0.25, -0.2) is 0 Å². The van der Waals surface area contributed by atoms with Crippen LogP contribution in [-0.2, 0) is 0 Å². The van der Waals surface area contributed by atoms with Gasteiger partial charge in [-0.1, -0.05) is 46.9 Å². The van der Waals surface area contributed by atoms with Crippen LogP contribution in [0.15, 0.2) is 40.9 Å². The highest BCUT2D eigenvalue weighted by Crippen LogP contribution is 2.36. The van der Waals surface area contributed by atoms with Crippen LogP contribution in [0, 0.1) is 6.92 Å². The maximum atomic E-state index is 5.43. The Balaban J connectivity index is 1.38. The SMILES string of the molecule is Cc1cc(-c2snnc2C2CCN(CC(C)c3ccccc3)CC2)on1. The van der Waals surface area contributed by atoms with Crippen molar-refractivity contribution in [3.63, 3.8) is 0 Å². The molecule has 2 aromatic heterocycles. The van der Waals surface area contributed by atoms with Gasteiger partial charge in [-0.15, -0.1) is 5.10 Å². The topological polar surface area (TPSA) is 55.1 Å². The fourth-order valence-electron chi connectivity index (χ4n) is 3.77. The van der Waals surface area contributed by atoms with Gasteiger partial charge in [-0.3, -0.25) is 0 Å². The Bertz CT molecular complexity index is 836. The normalized spacial score (nSPS) is 17.5. The molecule has 0 saturated carbocycles. The maximum Gasteiger partial charge on any atom is 0.180 e. The van der Waals surface area contributed by atoms with Crippen molar-refractivity contribution in [3.05, 3.63) is 53.3 Å². The average molecular weight is 369 g/mol. The third kappa shape index (κ3) is 3.71. The standard InChI is InChI=1S/C20H24N4OS/c1-14(16-6-4-3-5-7-16)13-24-10-8-17(9-11-24)19-20(26-23-21-19)18-12-15(2)22-25-18/h3-7,12,14,17H,8-11,13H2,1-2H3. The molecular weight excluding hydrogens is 344 g/mol. The number of hydrogen-bond acceptors (Lipinski definition) is 6. The van der Waals surface area contributed by atoms with E-state index in [2.05, 4.69) is 56.9 Å². The number of rotatable bonds is 5. The molecule has 6 heteroatoms. The van der Waals surface area contributed by atoms with Crippen LogP contribution in [0.3, 0.4) is 0 Å². The zero-order valence-electron chi connectivity index (χ0n) is 15.3. The molecule has 0 N–H and O–H groups in total. The number of aromatic nitrogens is 3. The second-order valence-electron chi connectivity index (χ2n) is 7.21. The minimum atomic E-state index is 0.456. The molecule has 1 atom stereocenters. The van der Waals surface area contributed by atoms with E-state index in [1.165, 1.54) is 17.1 Å².